The van der Waals surface area contributed by atoms with Crippen molar-refractivity contribution in [2.45, 2.75) is 19.9 Å². The number of hydrogen-bond donors (Lipinski definition) is 1. The second kappa shape index (κ2) is 7.29. The molecule has 11 heteroatoms. The maximum atomic E-state index is 14.5. The van der Waals surface area contributed by atoms with Crippen molar-refractivity contribution in [3.8, 4) is 11.4 Å². The van der Waals surface area contributed by atoms with E-state index >= 15 is 0 Å². The first kappa shape index (κ1) is 19.9. The summed E-state index contributed by atoms with van der Waals surface area (Å²) in [5.74, 6) is -0.400. The molecule has 0 bridgehead atoms. The summed E-state index contributed by atoms with van der Waals surface area (Å²) in [6, 6.07) is 4.62. The fourth-order valence-electron chi connectivity index (χ4n) is 4.10. The molecule has 1 aliphatic heterocycles. The van der Waals surface area contributed by atoms with Crippen LogP contribution in [0.2, 0.25) is 0 Å². The van der Waals surface area contributed by atoms with E-state index in [4.69, 9.17) is 0 Å². The van der Waals surface area contributed by atoms with Crippen molar-refractivity contribution in [2.75, 3.05) is 24.5 Å². The predicted octanol–water partition coefficient (Wildman–Crippen LogP) is 2.04. The molecular formula is C21H20FN7O3. The molecule has 4 aromatic heterocycles. The first-order valence-electron chi connectivity index (χ1n) is 10.1. The van der Waals surface area contributed by atoms with Crippen LogP contribution in [0.25, 0.3) is 22.7 Å². The fourth-order valence-corrected chi connectivity index (χ4v) is 4.10. The highest BCUT2D eigenvalue weighted by Gasteiger charge is 2.27. The Morgan fingerprint density at radius 3 is 2.72 bits per heavy atom. The van der Waals surface area contributed by atoms with Crippen LogP contribution in [0.5, 0.6) is 0 Å². The Morgan fingerprint density at radius 1 is 1.16 bits per heavy atom. The number of imidazole rings is 1. The molecule has 1 unspecified atom stereocenters. The molecule has 5 heterocycles. The third-order valence-corrected chi connectivity index (χ3v) is 5.66. The Morgan fingerprint density at radius 2 is 1.97 bits per heavy atom. The zero-order valence-corrected chi connectivity index (χ0v) is 17.4. The number of piperazine rings is 1. The van der Waals surface area contributed by atoms with E-state index in [9.17, 15) is 19.1 Å². The molecule has 0 spiro atoms. The maximum absolute atomic E-state index is 14.5. The molecule has 4 aromatic rings. The van der Waals surface area contributed by atoms with Crippen molar-refractivity contribution >= 4 is 23.1 Å². The van der Waals surface area contributed by atoms with Gasteiger partial charge in [0.05, 0.1) is 11.4 Å². The Kier molecular flexibility index (Phi) is 4.54. The largest absolute Gasteiger partial charge is 0.465 e. The van der Waals surface area contributed by atoms with Crippen molar-refractivity contribution in [1.82, 2.24) is 28.7 Å². The third-order valence-electron chi connectivity index (χ3n) is 5.66. The monoisotopic (exact) mass is 437 g/mol. The summed E-state index contributed by atoms with van der Waals surface area (Å²) < 4.78 is 17.3. The van der Waals surface area contributed by atoms with Crippen LogP contribution in [0.15, 0.2) is 41.6 Å². The van der Waals surface area contributed by atoms with Gasteiger partial charge in [-0.05, 0) is 32.0 Å². The lowest BCUT2D eigenvalue weighted by Gasteiger charge is -2.39. The summed E-state index contributed by atoms with van der Waals surface area (Å²) in [5, 5.41) is 9.26. The quantitative estimate of drug-likeness (QED) is 0.511. The lowest BCUT2D eigenvalue weighted by atomic mass is 10.2. The van der Waals surface area contributed by atoms with Crippen LogP contribution in [-0.4, -0.2) is 65.5 Å². The molecule has 5 rings (SSSR count). The number of rotatable bonds is 2. The Bertz CT molecular complexity index is 1430. The van der Waals surface area contributed by atoms with Gasteiger partial charge in [-0.1, -0.05) is 0 Å². The van der Waals surface area contributed by atoms with E-state index in [1.165, 1.54) is 15.4 Å². The molecule has 0 aliphatic carbocycles. The molecule has 1 N–H and O–H groups in total. The van der Waals surface area contributed by atoms with Gasteiger partial charge in [-0.3, -0.25) is 0 Å². The Balaban J connectivity index is 1.51. The second-order valence-electron chi connectivity index (χ2n) is 7.91. The minimum absolute atomic E-state index is 0.124. The predicted molar refractivity (Wildman–Crippen MR) is 115 cm³/mol. The molecule has 0 saturated carbocycles. The second-order valence-corrected chi connectivity index (χ2v) is 7.91. The smallest absolute Gasteiger partial charge is 0.407 e. The topological polar surface area (TPSA) is 108 Å². The van der Waals surface area contributed by atoms with E-state index < -0.39 is 17.6 Å². The summed E-state index contributed by atoms with van der Waals surface area (Å²) >= 11 is 0. The van der Waals surface area contributed by atoms with E-state index in [0.717, 1.165) is 5.69 Å². The normalized spacial score (nSPS) is 16.8. The average Bonchev–Trinajstić information content (AvgIpc) is 3.14. The summed E-state index contributed by atoms with van der Waals surface area (Å²) in [5.41, 5.74) is 1.86. The van der Waals surface area contributed by atoms with Crippen molar-refractivity contribution in [2.24, 2.45) is 0 Å². The molecule has 0 radical (unpaired) electrons. The number of anilines is 1. The molecule has 1 atom stereocenters. The number of amides is 1. The Labute approximate surface area is 181 Å². The van der Waals surface area contributed by atoms with Crippen LogP contribution in [-0.2, 0) is 0 Å². The minimum atomic E-state index is -0.937. The van der Waals surface area contributed by atoms with Crippen LogP contribution in [0, 0.1) is 12.7 Å². The number of halogens is 1. The number of carboxylic acid groups (broad SMARTS) is 1. The van der Waals surface area contributed by atoms with E-state index in [2.05, 4.69) is 15.0 Å². The van der Waals surface area contributed by atoms with E-state index in [1.807, 2.05) is 17.9 Å². The van der Waals surface area contributed by atoms with Gasteiger partial charge in [-0.2, -0.15) is 4.98 Å². The Hall–Kier alpha value is -4.02. The number of aryl methyl sites for hydroxylation is 1. The number of pyridine rings is 2. The minimum Gasteiger partial charge on any atom is -0.465 e. The number of fused-ring (bicyclic) bond motifs is 2. The zero-order valence-electron chi connectivity index (χ0n) is 17.4. The number of aromatic nitrogens is 5. The van der Waals surface area contributed by atoms with Gasteiger partial charge in [0.1, 0.15) is 5.65 Å². The molecule has 1 saturated heterocycles. The standard InChI is InChI=1S/C21H20FN7O3/c1-12-8-27-10-14(7-16(22)19(27)23-12)18-24-17-4-3-15(11-29(17)20(30)25-18)26-5-6-28(21(31)32)13(2)9-26/h3-4,7-8,10-11,13H,5-6,9H2,1-2H3,(H,31,32). The van der Waals surface area contributed by atoms with Crippen LogP contribution in [0.4, 0.5) is 14.9 Å². The van der Waals surface area contributed by atoms with E-state index in [-0.39, 0.29) is 17.5 Å². The van der Waals surface area contributed by atoms with Gasteiger partial charge in [0, 0.05) is 49.8 Å². The van der Waals surface area contributed by atoms with Gasteiger partial charge < -0.3 is 19.3 Å². The maximum Gasteiger partial charge on any atom is 0.407 e. The zero-order chi connectivity index (χ0) is 22.6. The van der Waals surface area contributed by atoms with Gasteiger partial charge in [0.25, 0.3) is 0 Å². The highest BCUT2D eigenvalue weighted by molar-refractivity contribution is 5.66. The van der Waals surface area contributed by atoms with Gasteiger partial charge >= 0.3 is 11.8 Å². The molecule has 1 aliphatic rings. The summed E-state index contributed by atoms with van der Waals surface area (Å²) in [6.07, 6.45) is 4.04. The van der Waals surface area contributed by atoms with Crippen molar-refractivity contribution in [1.29, 1.82) is 0 Å². The number of carbonyl (C=O) groups is 1. The SMILES string of the molecule is Cc1cn2cc(-c3nc(=O)n4cc(N5CCN(C(=O)O)C(C)C5)ccc4n3)cc(F)c2n1. The number of nitrogens with zero attached hydrogens (tertiary/aromatic N) is 7. The highest BCUT2D eigenvalue weighted by atomic mass is 19.1. The van der Waals surface area contributed by atoms with Gasteiger partial charge in [-0.15, -0.1) is 0 Å². The van der Waals surface area contributed by atoms with Crippen LogP contribution in [0.1, 0.15) is 12.6 Å². The molecule has 1 fully saturated rings. The lowest BCUT2D eigenvalue weighted by molar-refractivity contribution is 0.122. The first-order valence-corrected chi connectivity index (χ1v) is 10.1. The highest BCUT2D eigenvalue weighted by Crippen LogP contribution is 2.22. The summed E-state index contributed by atoms with van der Waals surface area (Å²) in [7, 11) is 0. The first-order chi connectivity index (χ1) is 15.3. The third kappa shape index (κ3) is 3.31. The van der Waals surface area contributed by atoms with Gasteiger partial charge in [0.15, 0.2) is 17.3 Å². The van der Waals surface area contributed by atoms with Crippen molar-refractivity contribution in [3.05, 3.63) is 58.8 Å². The molecule has 32 heavy (non-hydrogen) atoms. The molecule has 1 amide bonds. The lowest BCUT2D eigenvalue weighted by Crippen LogP contribution is -2.53. The van der Waals surface area contributed by atoms with E-state index in [0.29, 0.717) is 36.5 Å². The molecule has 164 valence electrons. The molecule has 10 nitrogen and oxygen atoms in total. The fraction of sp³-hybridized carbons (Fsp3) is 0.286. The van der Waals surface area contributed by atoms with Crippen LogP contribution in [0.3, 0.4) is 0 Å². The van der Waals surface area contributed by atoms with Crippen LogP contribution < -0.4 is 10.6 Å². The van der Waals surface area contributed by atoms with Crippen molar-refractivity contribution in [3.63, 3.8) is 0 Å². The summed E-state index contributed by atoms with van der Waals surface area (Å²) in [4.78, 5) is 40.1. The van der Waals surface area contributed by atoms with Crippen molar-refractivity contribution < 1.29 is 14.3 Å². The number of hydrogen-bond acceptors (Lipinski definition) is 6. The average molecular weight is 437 g/mol. The molecule has 0 aromatic carbocycles. The molecular weight excluding hydrogens is 417 g/mol. The summed E-state index contributed by atoms with van der Waals surface area (Å²) in [6.45, 7) is 5.01. The van der Waals surface area contributed by atoms with Crippen LogP contribution >= 0.6 is 0 Å². The van der Waals surface area contributed by atoms with Gasteiger partial charge in [-0.25, -0.2) is 28.3 Å². The van der Waals surface area contributed by atoms with Gasteiger partial charge in [0.2, 0.25) is 0 Å². The van der Waals surface area contributed by atoms with E-state index in [1.54, 1.807) is 36.0 Å².